The minimum atomic E-state index is -0.413. The second-order valence-corrected chi connectivity index (χ2v) is 5.88. The molecule has 0 aliphatic rings. The van der Waals surface area contributed by atoms with Gasteiger partial charge in [0.2, 0.25) is 5.76 Å². The van der Waals surface area contributed by atoms with Gasteiger partial charge in [0.25, 0.3) is 0 Å². The zero-order valence-corrected chi connectivity index (χ0v) is 13.7. The molecule has 0 atom stereocenters. The lowest BCUT2D eigenvalue weighted by Crippen LogP contribution is -2.40. The zero-order valence-electron chi connectivity index (χ0n) is 12.9. The highest BCUT2D eigenvalue weighted by Gasteiger charge is 2.18. The largest absolute Gasteiger partial charge is 0.458 e. The highest BCUT2D eigenvalue weighted by molar-refractivity contribution is 5.92. The SMILES string of the molecule is CN(CCOC(=O)c1cc2ccccc2o1)C(C)(C)C.Cl. The summed E-state index contributed by atoms with van der Waals surface area (Å²) < 4.78 is 10.7. The van der Waals surface area contributed by atoms with Crippen molar-refractivity contribution in [2.45, 2.75) is 26.3 Å². The summed E-state index contributed by atoms with van der Waals surface area (Å²) in [5.74, 6) is -0.159. The smallest absolute Gasteiger partial charge is 0.374 e. The molecule has 116 valence electrons. The van der Waals surface area contributed by atoms with E-state index in [0.29, 0.717) is 18.7 Å². The molecule has 0 aliphatic heterocycles. The van der Waals surface area contributed by atoms with Crippen LogP contribution in [0.3, 0.4) is 0 Å². The van der Waals surface area contributed by atoms with Crippen LogP contribution < -0.4 is 0 Å². The van der Waals surface area contributed by atoms with Crippen molar-refractivity contribution in [2.24, 2.45) is 0 Å². The molecule has 2 rings (SSSR count). The second-order valence-electron chi connectivity index (χ2n) is 5.88. The van der Waals surface area contributed by atoms with Crippen LogP contribution in [0.1, 0.15) is 31.3 Å². The highest BCUT2D eigenvalue weighted by atomic mass is 35.5. The zero-order chi connectivity index (χ0) is 14.8. The fraction of sp³-hybridized carbons (Fsp3) is 0.438. The summed E-state index contributed by atoms with van der Waals surface area (Å²) in [5, 5.41) is 0.909. The van der Waals surface area contributed by atoms with Gasteiger partial charge in [-0.05, 0) is 40.0 Å². The van der Waals surface area contributed by atoms with E-state index in [1.165, 1.54) is 0 Å². The van der Waals surface area contributed by atoms with Crippen LogP contribution in [0.5, 0.6) is 0 Å². The minimum Gasteiger partial charge on any atom is -0.458 e. The molecule has 1 aromatic heterocycles. The van der Waals surface area contributed by atoms with Crippen molar-refractivity contribution in [3.63, 3.8) is 0 Å². The number of ether oxygens (including phenoxy) is 1. The number of esters is 1. The first-order chi connectivity index (χ1) is 9.38. The molecule has 2 aromatic rings. The quantitative estimate of drug-likeness (QED) is 0.807. The molecule has 4 nitrogen and oxygen atoms in total. The van der Waals surface area contributed by atoms with E-state index in [1.54, 1.807) is 6.07 Å². The lowest BCUT2D eigenvalue weighted by Gasteiger charge is -2.31. The third-order valence-corrected chi connectivity index (χ3v) is 3.43. The van der Waals surface area contributed by atoms with E-state index in [2.05, 4.69) is 25.7 Å². The average Bonchev–Trinajstić information content (AvgIpc) is 2.81. The Kier molecular flexibility index (Phi) is 5.81. The fourth-order valence-electron chi connectivity index (χ4n) is 1.76. The molecule has 0 saturated carbocycles. The number of nitrogens with zero attached hydrogens (tertiary/aromatic N) is 1. The molecule has 1 aromatic carbocycles. The summed E-state index contributed by atoms with van der Waals surface area (Å²) in [6.07, 6.45) is 0. The van der Waals surface area contributed by atoms with Crippen LogP contribution in [-0.4, -0.2) is 36.6 Å². The Morgan fingerprint density at radius 2 is 1.95 bits per heavy atom. The monoisotopic (exact) mass is 311 g/mol. The molecular formula is C16H22ClNO3. The number of hydrogen-bond donors (Lipinski definition) is 0. The number of rotatable bonds is 4. The van der Waals surface area contributed by atoms with Crippen molar-refractivity contribution in [1.82, 2.24) is 4.90 Å². The standard InChI is InChI=1S/C16H21NO3.ClH/c1-16(2,3)17(4)9-10-19-15(18)14-11-12-7-5-6-8-13(12)20-14;/h5-8,11H,9-10H2,1-4H3;1H. The maximum absolute atomic E-state index is 11.9. The van der Waals surface area contributed by atoms with E-state index < -0.39 is 5.97 Å². The van der Waals surface area contributed by atoms with Crippen LogP contribution in [0, 0.1) is 0 Å². The molecule has 0 N–H and O–H groups in total. The van der Waals surface area contributed by atoms with Gasteiger partial charge in [-0.3, -0.25) is 4.90 Å². The number of benzene rings is 1. The van der Waals surface area contributed by atoms with E-state index in [4.69, 9.17) is 9.15 Å². The third kappa shape index (κ3) is 4.48. The molecule has 21 heavy (non-hydrogen) atoms. The Balaban J connectivity index is 0.00000220. The molecule has 0 bridgehead atoms. The number of carbonyl (C=O) groups excluding carboxylic acids is 1. The molecule has 1 heterocycles. The molecule has 0 unspecified atom stereocenters. The van der Waals surface area contributed by atoms with E-state index in [1.807, 2.05) is 31.3 Å². The Bertz CT molecular complexity index is 568. The molecule has 0 fully saturated rings. The van der Waals surface area contributed by atoms with Crippen molar-refractivity contribution < 1.29 is 13.9 Å². The summed E-state index contributed by atoms with van der Waals surface area (Å²) in [6, 6.07) is 9.23. The van der Waals surface area contributed by atoms with E-state index >= 15 is 0 Å². The number of hydrogen-bond acceptors (Lipinski definition) is 4. The summed E-state index contributed by atoms with van der Waals surface area (Å²) in [5.41, 5.74) is 0.762. The first-order valence-corrected chi connectivity index (χ1v) is 6.75. The molecule has 0 radical (unpaired) electrons. The normalized spacial score (nSPS) is 11.5. The van der Waals surface area contributed by atoms with Gasteiger partial charge in [-0.15, -0.1) is 12.4 Å². The van der Waals surface area contributed by atoms with Crippen molar-refractivity contribution in [3.05, 3.63) is 36.1 Å². The van der Waals surface area contributed by atoms with Gasteiger partial charge in [0.05, 0.1) is 0 Å². The van der Waals surface area contributed by atoms with Crippen molar-refractivity contribution in [3.8, 4) is 0 Å². The summed E-state index contributed by atoms with van der Waals surface area (Å²) in [6.45, 7) is 7.40. The average molecular weight is 312 g/mol. The Morgan fingerprint density at radius 3 is 2.57 bits per heavy atom. The van der Waals surface area contributed by atoms with E-state index in [-0.39, 0.29) is 23.7 Å². The van der Waals surface area contributed by atoms with Crippen LogP contribution in [0.4, 0.5) is 0 Å². The van der Waals surface area contributed by atoms with Gasteiger partial charge in [0.15, 0.2) is 0 Å². The molecule has 0 saturated heterocycles. The van der Waals surface area contributed by atoms with Gasteiger partial charge in [0, 0.05) is 17.5 Å². The summed E-state index contributed by atoms with van der Waals surface area (Å²) in [4.78, 5) is 14.0. The molecule has 5 heteroatoms. The number of para-hydroxylation sites is 1. The molecule has 0 aliphatic carbocycles. The number of fused-ring (bicyclic) bond motifs is 1. The first-order valence-electron chi connectivity index (χ1n) is 6.75. The predicted molar refractivity (Wildman–Crippen MR) is 86.1 cm³/mol. The van der Waals surface area contributed by atoms with Crippen molar-refractivity contribution in [2.75, 3.05) is 20.2 Å². The van der Waals surface area contributed by atoms with Gasteiger partial charge < -0.3 is 9.15 Å². The number of furan rings is 1. The minimum absolute atomic E-state index is 0. The molecule has 0 amide bonds. The number of carbonyl (C=O) groups is 1. The van der Waals surface area contributed by atoms with Crippen LogP contribution >= 0.6 is 12.4 Å². The second kappa shape index (κ2) is 6.96. The van der Waals surface area contributed by atoms with Gasteiger partial charge in [-0.1, -0.05) is 18.2 Å². The topological polar surface area (TPSA) is 42.7 Å². The maximum Gasteiger partial charge on any atom is 0.374 e. The molecular weight excluding hydrogens is 290 g/mol. The van der Waals surface area contributed by atoms with E-state index in [9.17, 15) is 4.79 Å². The third-order valence-electron chi connectivity index (χ3n) is 3.43. The summed E-state index contributed by atoms with van der Waals surface area (Å²) >= 11 is 0. The highest BCUT2D eigenvalue weighted by Crippen LogP contribution is 2.19. The Labute approximate surface area is 131 Å². The fourth-order valence-corrected chi connectivity index (χ4v) is 1.76. The van der Waals surface area contributed by atoms with Gasteiger partial charge in [-0.25, -0.2) is 4.79 Å². The van der Waals surface area contributed by atoms with Crippen LogP contribution in [-0.2, 0) is 4.74 Å². The van der Waals surface area contributed by atoms with Crippen LogP contribution in [0.15, 0.2) is 34.7 Å². The number of halogens is 1. The predicted octanol–water partition coefficient (Wildman–Crippen LogP) is 3.74. The van der Waals surface area contributed by atoms with Crippen LogP contribution in [0.25, 0.3) is 11.0 Å². The maximum atomic E-state index is 11.9. The lowest BCUT2D eigenvalue weighted by molar-refractivity contribution is 0.0392. The van der Waals surface area contributed by atoms with E-state index in [0.717, 1.165) is 5.39 Å². The summed E-state index contributed by atoms with van der Waals surface area (Å²) in [7, 11) is 2.01. The van der Waals surface area contributed by atoms with Gasteiger partial charge in [0.1, 0.15) is 12.2 Å². The first kappa shape index (κ1) is 17.5. The van der Waals surface area contributed by atoms with Crippen molar-refractivity contribution >= 4 is 29.3 Å². The van der Waals surface area contributed by atoms with Gasteiger partial charge in [-0.2, -0.15) is 0 Å². The lowest BCUT2D eigenvalue weighted by atomic mass is 10.1. The van der Waals surface area contributed by atoms with Crippen LogP contribution in [0.2, 0.25) is 0 Å². The molecule has 0 spiro atoms. The Hall–Kier alpha value is -1.52. The number of likely N-dealkylation sites (N-methyl/N-ethyl adjacent to an activating group) is 1. The van der Waals surface area contributed by atoms with Gasteiger partial charge >= 0.3 is 5.97 Å². The van der Waals surface area contributed by atoms with Crippen molar-refractivity contribution in [1.29, 1.82) is 0 Å². The Morgan fingerprint density at radius 1 is 1.29 bits per heavy atom.